The van der Waals surface area contributed by atoms with Crippen molar-refractivity contribution in [2.45, 2.75) is 4.90 Å². The number of aromatic nitrogens is 2. The van der Waals surface area contributed by atoms with E-state index in [1.807, 2.05) is 42.1 Å². The third-order valence-electron chi connectivity index (χ3n) is 4.28. The molecule has 0 unspecified atom stereocenters. The summed E-state index contributed by atoms with van der Waals surface area (Å²) in [6, 6.07) is 12.0. The minimum atomic E-state index is -3.69. The molecular formula is C17H20N6O2S. The number of nitrogens with zero attached hydrogens (tertiary/aromatic N) is 6. The molecule has 136 valence electrons. The van der Waals surface area contributed by atoms with Crippen LogP contribution < -0.4 is 9.80 Å². The van der Waals surface area contributed by atoms with Gasteiger partial charge in [0.1, 0.15) is 6.07 Å². The van der Waals surface area contributed by atoms with Crippen LogP contribution in [0.4, 0.5) is 11.6 Å². The minimum Gasteiger partial charge on any atom is -0.361 e. The molecule has 0 saturated carbocycles. The summed E-state index contributed by atoms with van der Waals surface area (Å²) in [7, 11) is 0.104. The van der Waals surface area contributed by atoms with Crippen LogP contribution in [0.3, 0.4) is 0 Å². The van der Waals surface area contributed by atoms with E-state index in [2.05, 4.69) is 10.2 Å². The fourth-order valence-corrected chi connectivity index (χ4v) is 4.37. The molecule has 1 aliphatic rings. The summed E-state index contributed by atoms with van der Waals surface area (Å²) in [5.41, 5.74) is 0.167. The Kier molecular flexibility index (Phi) is 5.06. The van der Waals surface area contributed by atoms with E-state index < -0.39 is 10.0 Å². The molecule has 26 heavy (non-hydrogen) atoms. The van der Waals surface area contributed by atoms with Gasteiger partial charge in [-0.1, -0.05) is 12.1 Å². The van der Waals surface area contributed by atoms with Crippen molar-refractivity contribution in [1.29, 1.82) is 5.26 Å². The zero-order valence-electron chi connectivity index (χ0n) is 14.7. The van der Waals surface area contributed by atoms with Crippen LogP contribution in [0.25, 0.3) is 0 Å². The minimum absolute atomic E-state index is 0.0612. The molecule has 1 aliphatic heterocycles. The quantitative estimate of drug-likeness (QED) is 0.788. The van der Waals surface area contributed by atoms with Gasteiger partial charge in [0, 0.05) is 40.3 Å². The van der Waals surface area contributed by atoms with Gasteiger partial charge in [-0.3, -0.25) is 0 Å². The maximum absolute atomic E-state index is 12.9. The van der Waals surface area contributed by atoms with E-state index in [0.29, 0.717) is 26.2 Å². The van der Waals surface area contributed by atoms with Gasteiger partial charge in [-0.15, -0.1) is 10.2 Å². The van der Waals surface area contributed by atoms with E-state index in [9.17, 15) is 13.7 Å². The molecule has 1 fully saturated rings. The van der Waals surface area contributed by atoms with Gasteiger partial charge in [0.25, 0.3) is 0 Å². The van der Waals surface area contributed by atoms with Gasteiger partial charge in [-0.05, 0) is 24.3 Å². The molecule has 1 saturated heterocycles. The molecule has 8 nitrogen and oxygen atoms in total. The van der Waals surface area contributed by atoms with Gasteiger partial charge in [0.05, 0.1) is 10.5 Å². The molecule has 0 N–H and O–H groups in total. The van der Waals surface area contributed by atoms with E-state index in [1.165, 1.54) is 16.4 Å². The second-order valence-electron chi connectivity index (χ2n) is 6.14. The highest BCUT2D eigenvalue weighted by Gasteiger charge is 2.30. The molecule has 1 aromatic carbocycles. The lowest BCUT2D eigenvalue weighted by Gasteiger charge is -2.34. The summed E-state index contributed by atoms with van der Waals surface area (Å²) in [4.78, 5) is 3.94. The molecule has 0 aliphatic carbocycles. The highest BCUT2D eigenvalue weighted by atomic mass is 32.2. The number of rotatable bonds is 4. The standard InChI is InChI=1S/C17H20N6O2S/c1-21(2)16-7-8-17(20-19-16)22-9-11-23(12-10-22)26(24,25)15-6-4-3-5-14(15)13-18/h3-8H,9-12H2,1-2H3. The summed E-state index contributed by atoms with van der Waals surface area (Å²) in [6.45, 7) is 1.70. The second kappa shape index (κ2) is 7.27. The predicted octanol–water partition coefficient (Wildman–Crippen LogP) is 0.925. The summed E-state index contributed by atoms with van der Waals surface area (Å²) in [6.07, 6.45) is 0. The number of hydrogen-bond donors (Lipinski definition) is 0. The Morgan fingerprint density at radius 3 is 2.31 bits per heavy atom. The molecule has 0 bridgehead atoms. The van der Waals surface area contributed by atoms with Crippen molar-refractivity contribution < 1.29 is 8.42 Å². The number of hydrogen-bond acceptors (Lipinski definition) is 7. The molecule has 3 rings (SSSR count). The monoisotopic (exact) mass is 372 g/mol. The lowest BCUT2D eigenvalue weighted by Crippen LogP contribution is -2.49. The third kappa shape index (κ3) is 3.47. The van der Waals surface area contributed by atoms with Crippen molar-refractivity contribution in [3.63, 3.8) is 0 Å². The molecule has 0 atom stereocenters. The first-order valence-corrected chi connectivity index (χ1v) is 9.63. The van der Waals surface area contributed by atoms with Gasteiger partial charge in [-0.25, -0.2) is 8.42 Å². The Labute approximate surface area is 153 Å². The zero-order valence-corrected chi connectivity index (χ0v) is 15.5. The number of nitriles is 1. The van der Waals surface area contributed by atoms with E-state index in [1.54, 1.807) is 12.1 Å². The second-order valence-corrected chi connectivity index (χ2v) is 8.05. The largest absolute Gasteiger partial charge is 0.361 e. The van der Waals surface area contributed by atoms with Crippen LogP contribution in [-0.4, -0.2) is 63.2 Å². The Bertz CT molecular complexity index is 913. The highest BCUT2D eigenvalue weighted by molar-refractivity contribution is 7.89. The smallest absolute Gasteiger partial charge is 0.244 e. The summed E-state index contributed by atoms with van der Waals surface area (Å²) >= 11 is 0. The fourth-order valence-electron chi connectivity index (χ4n) is 2.81. The van der Waals surface area contributed by atoms with Crippen molar-refractivity contribution >= 4 is 21.7 Å². The van der Waals surface area contributed by atoms with Crippen LogP contribution in [0, 0.1) is 11.3 Å². The van der Waals surface area contributed by atoms with Crippen molar-refractivity contribution in [2.75, 3.05) is 50.1 Å². The maximum atomic E-state index is 12.9. The van der Waals surface area contributed by atoms with Crippen molar-refractivity contribution in [2.24, 2.45) is 0 Å². The van der Waals surface area contributed by atoms with Gasteiger partial charge in [-0.2, -0.15) is 9.57 Å². The van der Waals surface area contributed by atoms with Crippen LogP contribution in [0.15, 0.2) is 41.3 Å². The summed E-state index contributed by atoms with van der Waals surface area (Å²) in [5.74, 6) is 1.49. The Balaban J connectivity index is 1.73. The number of piperazine rings is 1. The molecule has 2 aromatic rings. The third-order valence-corrected chi connectivity index (χ3v) is 6.24. The van der Waals surface area contributed by atoms with Gasteiger partial charge in [0.2, 0.25) is 10.0 Å². The average molecular weight is 372 g/mol. The molecular weight excluding hydrogens is 352 g/mol. The van der Waals surface area contributed by atoms with E-state index in [4.69, 9.17) is 0 Å². The Morgan fingerprint density at radius 1 is 1.04 bits per heavy atom. The molecule has 0 spiro atoms. The van der Waals surface area contributed by atoms with Crippen molar-refractivity contribution in [1.82, 2.24) is 14.5 Å². The van der Waals surface area contributed by atoms with Crippen molar-refractivity contribution in [3.05, 3.63) is 42.0 Å². The lowest BCUT2D eigenvalue weighted by atomic mass is 10.2. The summed E-state index contributed by atoms with van der Waals surface area (Å²) in [5, 5.41) is 17.5. The zero-order chi connectivity index (χ0) is 18.7. The average Bonchev–Trinajstić information content (AvgIpc) is 2.68. The van der Waals surface area contributed by atoms with Crippen LogP contribution in [0.5, 0.6) is 0 Å². The summed E-state index contributed by atoms with van der Waals surface area (Å²) < 4.78 is 27.1. The molecule has 9 heteroatoms. The van der Waals surface area contributed by atoms with Gasteiger partial charge >= 0.3 is 0 Å². The van der Waals surface area contributed by atoms with E-state index in [-0.39, 0.29) is 10.5 Å². The maximum Gasteiger partial charge on any atom is 0.244 e. The van der Waals surface area contributed by atoms with Crippen molar-refractivity contribution in [3.8, 4) is 6.07 Å². The van der Waals surface area contributed by atoms with Gasteiger partial charge < -0.3 is 9.80 Å². The van der Waals surface area contributed by atoms with E-state index in [0.717, 1.165) is 11.6 Å². The predicted molar refractivity (Wildman–Crippen MR) is 98.5 cm³/mol. The lowest BCUT2D eigenvalue weighted by molar-refractivity contribution is 0.383. The highest BCUT2D eigenvalue weighted by Crippen LogP contribution is 2.22. The fraction of sp³-hybridized carbons (Fsp3) is 0.353. The Hall–Kier alpha value is -2.70. The SMILES string of the molecule is CN(C)c1ccc(N2CCN(S(=O)(=O)c3ccccc3C#N)CC2)nn1. The number of sulfonamides is 1. The Morgan fingerprint density at radius 2 is 1.73 bits per heavy atom. The van der Waals surface area contributed by atoms with Crippen LogP contribution in [0.2, 0.25) is 0 Å². The first kappa shape index (κ1) is 18.1. The van der Waals surface area contributed by atoms with Gasteiger partial charge in [0.15, 0.2) is 11.6 Å². The van der Waals surface area contributed by atoms with Crippen LogP contribution >= 0.6 is 0 Å². The normalized spacial score (nSPS) is 15.5. The molecule has 1 aromatic heterocycles. The topological polar surface area (TPSA) is 93.4 Å². The molecule has 2 heterocycles. The first-order chi connectivity index (χ1) is 12.4. The number of benzene rings is 1. The first-order valence-electron chi connectivity index (χ1n) is 8.19. The molecule has 0 radical (unpaired) electrons. The number of anilines is 2. The van der Waals surface area contributed by atoms with Crippen LogP contribution in [-0.2, 0) is 10.0 Å². The van der Waals surface area contributed by atoms with E-state index >= 15 is 0 Å². The molecule has 0 amide bonds. The van der Waals surface area contributed by atoms with Crippen LogP contribution in [0.1, 0.15) is 5.56 Å².